The van der Waals surface area contributed by atoms with Crippen molar-refractivity contribution in [3.63, 3.8) is 0 Å². The topological polar surface area (TPSA) is 56.8 Å². The van der Waals surface area contributed by atoms with Crippen molar-refractivity contribution in [2.75, 3.05) is 20.3 Å². The van der Waals surface area contributed by atoms with Crippen molar-refractivity contribution in [2.45, 2.75) is 12.8 Å². The van der Waals surface area contributed by atoms with Crippen LogP contribution in [-0.2, 0) is 6.18 Å². The van der Waals surface area contributed by atoms with Crippen LogP contribution in [0.25, 0.3) is 0 Å². The Bertz CT molecular complexity index is 811. The van der Waals surface area contributed by atoms with Crippen LogP contribution in [0.15, 0.2) is 42.5 Å². The molecule has 2 aromatic rings. The predicted octanol–water partition coefficient (Wildman–Crippen LogP) is 4.12. The van der Waals surface area contributed by atoms with Gasteiger partial charge in [0.15, 0.2) is 11.5 Å². The molecule has 5 nitrogen and oxygen atoms in total. The molecule has 0 heterocycles. The molecule has 0 aliphatic carbocycles. The third kappa shape index (κ3) is 6.00. The van der Waals surface area contributed by atoms with Crippen molar-refractivity contribution >= 4 is 5.91 Å². The van der Waals surface area contributed by atoms with Crippen molar-refractivity contribution in [3.05, 3.63) is 53.6 Å². The molecule has 0 aliphatic rings. The third-order valence-electron chi connectivity index (χ3n) is 3.46. The maximum absolute atomic E-state index is 12.6. The normalized spacial score (nSPS) is 11.2. The second kappa shape index (κ2) is 9.25. The number of hydrogen-bond donors (Lipinski definition) is 1. The first kappa shape index (κ1) is 21.3. The summed E-state index contributed by atoms with van der Waals surface area (Å²) >= 11 is 0. The number of carbonyl (C=O) groups excluding carboxylic acids is 1. The molecule has 0 atom stereocenters. The molecule has 0 bridgehead atoms. The largest absolute Gasteiger partial charge is 0.493 e. The number of rotatable bonds is 8. The van der Waals surface area contributed by atoms with Crippen LogP contribution >= 0.6 is 0 Å². The molecule has 2 rings (SSSR count). The van der Waals surface area contributed by atoms with Gasteiger partial charge in [-0.3, -0.25) is 4.79 Å². The number of benzene rings is 2. The van der Waals surface area contributed by atoms with Gasteiger partial charge in [0.25, 0.3) is 5.91 Å². The number of hydrogen-bond acceptors (Lipinski definition) is 4. The first-order chi connectivity index (χ1) is 13.2. The van der Waals surface area contributed by atoms with E-state index in [0.29, 0.717) is 0 Å². The van der Waals surface area contributed by atoms with Crippen molar-refractivity contribution in [3.8, 4) is 17.2 Å². The zero-order valence-electron chi connectivity index (χ0n) is 14.6. The molecule has 0 aromatic heterocycles. The fourth-order valence-corrected chi connectivity index (χ4v) is 2.20. The Morgan fingerprint density at radius 1 is 1.11 bits per heavy atom. The first-order valence-electron chi connectivity index (χ1n) is 7.92. The van der Waals surface area contributed by atoms with Crippen molar-refractivity contribution < 1.29 is 41.0 Å². The van der Waals surface area contributed by atoms with Crippen LogP contribution in [0.4, 0.5) is 22.0 Å². The molecule has 0 spiro atoms. The highest BCUT2D eigenvalue weighted by Gasteiger charge is 2.30. The van der Waals surface area contributed by atoms with E-state index in [1.807, 2.05) is 0 Å². The Morgan fingerprint density at radius 3 is 2.50 bits per heavy atom. The quantitative estimate of drug-likeness (QED) is 0.530. The van der Waals surface area contributed by atoms with Crippen LogP contribution < -0.4 is 19.5 Å². The van der Waals surface area contributed by atoms with Crippen molar-refractivity contribution in [1.82, 2.24) is 5.32 Å². The van der Waals surface area contributed by atoms with Gasteiger partial charge in [-0.05, 0) is 36.4 Å². The summed E-state index contributed by atoms with van der Waals surface area (Å²) in [5.41, 5.74) is -0.811. The van der Waals surface area contributed by atoms with Gasteiger partial charge >= 0.3 is 12.8 Å². The minimum atomic E-state index is -4.49. The van der Waals surface area contributed by atoms with Gasteiger partial charge in [-0.1, -0.05) is 6.07 Å². The Balaban J connectivity index is 1.91. The van der Waals surface area contributed by atoms with E-state index in [9.17, 15) is 26.7 Å². The van der Waals surface area contributed by atoms with Crippen LogP contribution in [-0.4, -0.2) is 32.8 Å². The number of methoxy groups -OCH3 is 1. The molecule has 0 unspecified atom stereocenters. The SMILES string of the molecule is COc1ccc(C(=O)NCCOc2cccc(C(F)(F)F)c2)cc1OC(F)F. The molecule has 0 saturated heterocycles. The van der Waals surface area contributed by atoms with Gasteiger partial charge < -0.3 is 19.5 Å². The lowest BCUT2D eigenvalue weighted by Gasteiger charge is -2.12. The average Bonchev–Trinajstić information content (AvgIpc) is 2.64. The summed E-state index contributed by atoms with van der Waals surface area (Å²) in [7, 11) is 1.26. The van der Waals surface area contributed by atoms with E-state index < -0.39 is 24.3 Å². The molecule has 0 radical (unpaired) electrons. The van der Waals surface area contributed by atoms with Crippen molar-refractivity contribution in [1.29, 1.82) is 0 Å². The summed E-state index contributed by atoms with van der Waals surface area (Å²) in [4.78, 5) is 12.1. The molecule has 1 N–H and O–H groups in total. The minimum Gasteiger partial charge on any atom is -0.493 e. The molecule has 0 saturated carbocycles. The molecule has 10 heteroatoms. The van der Waals surface area contributed by atoms with E-state index >= 15 is 0 Å². The summed E-state index contributed by atoms with van der Waals surface area (Å²) in [6.45, 7) is -3.21. The van der Waals surface area contributed by atoms with E-state index in [4.69, 9.17) is 9.47 Å². The average molecular weight is 405 g/mol. The Labute approximate surface area is 157 Å². The van der Waals surface area contributed by atoms with Gasteiger partial charge in [0, 0.05) is 5.56 Å². The number of amides is 1. The third-order valence-corrected chi connectivity index (χ3v) is 3.46. The first-order valence-corrected chi connectivity index (χ1v) is 7.92. The second-order valence-corrected chi connectivity index (χ2v) is 5.37. The molecule has 0 aliphatic heterocycles. The Kier molecular flexibility index (Phi) is 7.02. The van der Waals surface area contributed by atoms with Crippen LogP contribution in [0.2, 0.25) is 0 Å². The van der Waals surface area contributed by atoms with Gasteiger partial charge in [0.1, 0.15) is 12.4 Å². The predicted molar refractivity (Wildman–Crippen MR) is 88.9 cm³/mol. The lowest BCUT2D eigenvalue weighted by molar-refractivity contribution is -0.137. The maximum Gasteiger partial charge on any atom is 0.416 e. The van der Waals surface area contributed by atoms with E-state index in [1.165, 1.54) is 31.4 Å². The molecule has 0 fully saturated rings. The van der Waals surface area contributed by atoms with Crippen LogP contribution in [0.1, 0.15) is 15.9 Å². The van der Waals surface area contributed by atoms with E-state index in [2.05, 4.69) is 10.1 Å². The highest BCUT2D eigenvalue weighted by molar-refractivity contribution is 5.94. The highest BCUT2D eigenvalue weighted by Crippen LogP contribution is 2.31. The van der Waals surface area contributed by atoms with E-state index in [1.54, 1.807) is 0 Å². The lowest BCUT2D eigenvalue weighted by Crippen LogP contribution is -2.28. The molecular weight excluding hydrogens is 389 g/mol. The van der Waals surface area contributed by atoms with E-state index in [0.717, 1.165) is 18.2 Å². The Morgan fingerprint density at radius 2 is 1.86 bits per heavy atom. The van der Waals surface area contributed by atoms with Gasteiger partial charge in [0.05, 0.1) is 19.2 Å². The summed E-state index contributed by atoms with van der Waals surface area (Å²) in [6, 6.07) is 8.06. The van der Waals surface area contributed by atoms with Gasteiger partial charge in [-0.2, -0.15) is 22.0 Å². The minimum absolute atomic E-state index is 0.00106. The number of ether oxygens (including phenoxy) is 3. The smallest absolute Gasteiger partial charge is 0.416 e. The second-order valence-electron chi connectivity index (χ2n) is 5.37. The van der Waals surface area contributed by atoms with Gasteiger partial charge in [-0.25, -0.2) is 0 Å². The zero-order chi connectivity index (χ0) is 20.7. The van der Waals surface area contributed by atoms with Crippen molar-refractivity contribution in [2.24, 2.45) is 0 Å². The molecule has 2 aromatic carbocycles. The molecular formula is C18H16F5NO4. The lowest BCUT2D eigenvalue weighted by atomic mass is 10.2. The molecule has 1 amide bonds. The molecule has 28 heavy (non-hydrogen) atoms. The fourth-order valence-electron chi connectivity index (χ4n) is 2.20. The number of carbonyl (C=O) groups is 1. The highest BCUT2D eigenvalue weighted by atomic mass is 19.4. The summed E-state index contributed by atoms with van der Waals surface area (Å²) in [5, 5.41) is 2.46. The molecule has 152 valence electrons. The zero-order valence-corrected chi connectivity index (χ0v) is 14.6. The van der Waals surface area contributed by atoms with Crippen LogP contribution in [0.3, 0.4) is 0 Å². The Hall–Kier alpha value is -3.04. The summed E-state index contributed by atoms with van der Waals surface area (Å²) < 4.78 is 77.1. The maximum atomic E-state index is 12.6. The van der Waals surface area contributed by atoms with E-state index in [-0.39, 0.29) is 36.0 Å². The standard InChI is InChI=1S/C18H16F5NO4/c1-26-14-6-5-11(9-15(14)28-17(19)20)16(25)24-7-8-27-13-4-2-3-12(10-13)18(21,22)23/h2-6,9-10,17H,7-8H2,1H3,(H,24,25). The number of nitrogens with one attached hydrogen (secondary N) is 1. The number of alkyl halides is 5. The summed E-state index contributed by atoms with van der Waals surface area (Å²) in [6.07, 6.45) is -4.49. The summed E-state index contributed by atoms with van der Waals surface area (Å²) in [5.74, 6) is -0.870. The van der Waals surface area contributed by atoms with Crippen LogP contribution in [0, 0.1) is 0 Å². The van der Waals surface area contributed by atoms with Gasteiger partial charge in [-0.15, -0.1) is 0 Å². The van der Waals surface area contributed by atoms with Gasteiger partial charge in [0.2, 0.25) is 0 Å². The fraction of sp³-hybridized carbons (Fsp3) is 0.278. The monoisotopic (exact) mass is 405 g/mol. The number of halogens is 5. The van der Waals surface area contributed by atoms with Crippen LogP contribution in [0.5, 0.6) is 17.2 Å².